The van der Waals surface area contributed by atoms with Crippen molar-refractivity contribution < 1.29 is 26.8 Å². The molecule has 0 unspecified atom stereocenters. The van der Waals surface area contributed by atoms with Crippen molar-refractivity contribution in [2.75, 3.05) is 0 Å². The van der Waals surface area contributed by atoms with Crippen LogP contribution in [0.3, 0.4) is 0 Å². The second kappa shape index (κ2) is 9.14. The number of ether oxygens (including phenoxy) is 1. The first-order valence-corrected chi connectivity index (χ1v) is 10.6. The zero-order valence-corrected chi connectivity index (χ0v) is 17.1. The molecule has 8 nitrogen and oxygen atoms in total. The van der Waals surface area contributed by atoms with Crippen LogP contribution in [0.1, 0.15) is 19.7 Å². The Hall–Kier alpha value is -3.11. The van der Waals surface area contributed by atoms with E-state index in [-0.39, 0.29) is 18.4 Å². The van der Waals surface area contributed by atoms with Crippen LogP contribution in [-0.4, -0.2) is 30.6 Å². The molecule has 30 heavy (non-hydrogen) atoms. The molecule has 0 amide bonds. The highest BCUT2D eigenvalue weighted by Gasteiger charge is 2.31. The summed E-state index contributed by atoms with van der Waals surface area (Å²) in [5, 5.41) is 7.71. The lowest BCUT2D eigenvalue weighted by atomic mass is 10.1. The number of halogens is 1. The molecule has 3 aromatic rings. The third-order valence-electron chi connectivity index (χ3n) is 4.15. The van der Waals surface area contributed by atoms with Crippen LogP contribution in [0.5, 0.6) is 0 Å². The summed E-state index contributed by atoms with van der Waals surface area (Å²) in [5.74, 6) is -1.89. The van der Waals surface area contributed by atoms with Crippen LogP contribution in [0.25, 0.3) is 11.5 Å². The lowest BCUT2D eigenvalue weighted by molar-refractivity contribution is -0.148. The largest absolute Gasteiger partial charge is 0.454 e. The fraction of sp³-hybridized carbons (Fsp3) is 0.250. The lowest BCUT2D eigenvalue weighted by Gasteiger charge is -2.20. The molecule has 0 aliphatic rings. The molecular formula is C20H20FN3O5S. The first-order valence-electron chi connectivity index (χ1n) is 9.09. The molecule has 1 aromatic heterocycles. The smallest absolute Gasteiger partial charge is 0.324 e. The Balaban J connectivity index is 1.68. The minimum absolute atomic E-state index is 0.0571. The first kappa shape index (κ1) is 21.6. The maximum absolute atomic E-state index is 13.9. The van der Waals surface area contributed by atoms with Crippen molar-refractivity contribution in [3.63, 3.8) is 0 Å². The van der Waals surface area contributed by atoms with Crippen molar-refractivity contribution in [2.24, 2.45) is 5.92 Å². The number of rotatable bonds is 8. The molecule has 2 aromatic carbocycles. The average molecular weight is 433 g/mol. The van der Waals surface area contributed by atoms with E-state index in [1.54, 1.807) is 26.0 Å². The van der Waals surface area contributed by atoms with Crippen LogP contribution in [0, 0.1) is 11.7 Å². The summed E-state index contributed by atoms with van der Waals surface area (Å²) < 4.78 is 51.7. The van der Waals surface area contributed by atoms with E-state index < -0.39 is 38.7 Å². The molecule has 0 spiro atoms. The predicted octanol–water partition coefficient (Wildman–Crippen LogP) is 2.92. The minimum atomic E-state index is -4.27. The van der Waals surface area contributed by atoms with Crippen molar-refractivity contribution in [3.8, 4) is 11.5 Å². The molecule has 0 fully saturated rings. The number of nitrogens with one attached hydrogen (secondary N) is 1. The maximum Gasteiger partial charge on any atom is 0.324 e. The van der Waals surface area contributed by atoms with Gasteiger partial charge >= 0.3 is 5.97 Å². The highest BCUT2D eigenvalue weighted by Crippen LogP contribution is 2.18. The molecule has 1 atom stereocenters. The van der Waals surface area contributed by atoms with E-state index in [1.807, 2.05) is 18.2 Å². The zero-order chi connectivity index (χ0) is 21.7. The lowest BCUT2D eigenvalue weighted by Crippen LogP contribution is -2.45. The third-order valence-corrected chi connectivity index (χ3v) is 5.63. The number of carbonyl (C=O) groups excluding carboxylic acids is 1. The number of esters is 1. The van der Waals surface area contributed by atoms with Crippen molar-refractivity contribution in [2.45, 2.75) is 31.4 Å². The normalized spacial score (nSPS) is 12.7. The van der Waals surface area contributed by atoms with Gasteiger partial charge in [0.25, 0.3) is 5.89 Å². The summed E-state index contributed by atoms with van der Waals surface area (Å²) in [5.41, 5.74) is 0.709. The van der Waals surface area contributed by atoms with Crippen LogP contribution in [0.4, 0.5) is 4.39 Å². The second-order valence-corrected chi connectivity index (χ2v) is 8.43. The highest BCUT2D eigenvalue weighted by atomic mass is 32.2. The van der Waals surface area contributed by atoms with Gasteiger partial charge in [-0.2, -0.15) is 4.72 Å². The van der Waals surface area contributed by atoms with Gasteiger partial charge in [0, 0.05) is 5.56 Å². The Morgan fingerprint density at radius 3 is 2.43 bits per heavy atom. The Kier molecular flexibility index (Phi) is 6.58. The number of hydrogen-bond acceptors (Lipinski definition) is 7. The van der Waals surface area contributed by atoms with E-state index in [9.17, 15) is 17.6 Å². The summed E-state index contributed by atoms with van der Waals surface area (Å²) in [7, 11) is -4.27. The van der Waals surface area contributed by atoms with Crippen LogP contribution >= 0.6 is 0 Å². The summed E-state index contributed by atoms with van der Waals surface area (Å²) in [6.45, 7) is 2.94. The zero-order valence-electron chi connectivity index (χ0n) is 16.3. The van der Waals surface area contributed by atoms with Crippen molar-refractivity contribution in [1.82, 2.24) is 14.9 Å². The van der Waals surface area contributed by atoms with Gasteiger partial charge in [-0.1, -0.05) is 44.2 Å². The molecule has 3 rings (SSSR count). The molecule has 10 heteroatoms. The standard InChI is InChI=1S/C20H20FN3O5S/c1-13(2)18(24-30(26,27)16-11-7-6-10-15(16)21)20(25)28-12-17-22-23-19(29-17)14-8-4-3-5-9-14/h3-11,13,18,24H,12H2,1-2H3/t18-/m0/s1. The number of sulfonamides is 1. The van der Waals surface area contributed by atoms with Crippen LogP contribution in [0.2, 0.25) is 0 Å². The molecule has 0 saturated heterocycles. The van der Waals surface area contributed by atoms with Crippen LogP contribution in [0.15, 0.2) is 63.9 Å². The molecule has 0 aliphatic heterocycles. The van der Waals surface area contributed by atoms with Gasteiger partial charge in [-0.25, -0.2) is 12.8 Å². The predicted molar refractivity (Wildman–Crippen MR) is 105 cm³/mol. The summed E-state index contributed by atoms with van der Waals surface area (Å²) in [4.78, 5) is 11.9. The molecule has 1 heterocycles. The number of aromatic nitrogens is 2. The molecule has 158 valence electrons. The fourth-order valence-corrected chi connectivity index (χ4v) is 3.99. The summed E-state index contributed by atoms with van der Waals surface area (Å²) in [6.07, 6.45) is 0. The molecule has 0 aliphatic carbocycles. The minimum Gasteiger partial charge on any atom is -0.454 e. The van der Waals surface area contributed by atoms with Gasteiger partial charge in [-0.3, -0.25) is 4.79 Å². The summed E-state index contributed by atoms with van der Waals surface area (Å²) in [6, 6.07) is 12.7. The number of benzene rings is 2. The van der Waals surface area contributed by atoms with Gasteiger partial charge in [-0.05, 0) is 30.2 Å². The van der Waals surface area contributed by atoms with Gasteiger partial charge in [0.1, 0.15) is 16.8 Å². The third kappa shape index (κ3) is 5.08. The van der Waals surface area contributed by atoms with Crippen molar-refractivity contribution >= 4 is 16.0 Å². The van der Waals surface area contributed by atoms with E-state index in [4.69, 9.17) is 9.15 Å². The van der Waals surface area contributed by atoms with Gasteiger partial charge in [-0.15, -0.1) is 10.2 Å². The number of hydrogen-bond donors (Lipinski definition) is 1. The highest BCUT2D eigenvalue weighted by molar-refractivity contribution is 7.89. The Labute approximate surface area is 173 Å². The summed E-state index contributed by atoms with van der Waals surface area (Å²) >= 11 is 0. The molecule has 1 N–H and O–H groups in total. The monoisotopic (exact) mass is 433 g/mol. The molecule has 0 bridgehead atoms. The number of carbonyl (C=O) groups is 1. The maximum atomic E-state index is 13.9. The van der Waals surface area contributed by atoms with Crippen LogP contribution < -0.4 is 4.72 Å². The van der Waals surface area contributed by atoms with E-state index >= 15 is 0 Å². The van der Waals surface area contributed by atoms with E-state index in [0.717, 1.165) is 12.1 Å². The van der Waals surface area contributed by atoms with E-state index in [0.29, 0.717) is 5.56 Å². The van der Waals surface area contributed by atoms with Crippen molar-refractivity contribution in [1.29, 1.82) is 0 Å². The topological polar surface area (TPSA) is 111 Å². The molecule has 0 radical (unpaired) electrons. The SMILES string of the molecule is CC(C)[C@H](NS(=O)(=O)c1ccccc1F)C(=O)OCc1nnc(-c2ccccc2)o1. The quantitative estimate of drug-likeness (QED) is 0.544. The van der Waals surface area contributed by atoms with Crippen molar-refractivity contribution in [3.05, 3.63) is 66.3 Å². The Bertz CT molecular complexity index is 1120. The van der Waals surface area contributed by atoms with Crippen LogP contribution in [-0.2, 0) is 26.2 Å². The Morgan fingerprint density at radius 2 is 1.77 bits per heavy atom. The van der Waals surface area contributed by atoms with Gasteiger partial charge in [0.05, 0.1) is 0 Å². The number of nitrogens with zero attached hydrogens (tertiary/aromatic N) is 2. The first-order chi connectivity index (χ1) is 14.3. The molecule has 0 saturated carbocycles. The van der Waals surface area contributed by atoms with Gasteiger partial charge < -0.3 is 9.15 Å². The Morgan fingerprint density at radius 1 is 1.10 bits per heavy atom. The average Bonchev–Trinajstić information content (AvgIpc) is 3.20. The van der Waals surface area contributed by atoms with E-state index in [2.05, 4.69) is 14.9 Å². The molecular weight excluding hydrogens is 413 g/mol. The second-order valence-electron chi connectivity index (χ2n) is 6.75. The van der Waals surface area contributed by atoms with Gasteiger partial charge in [0.2, 0.25) is 15.9 Å². The van der Waals surface area contributed by atoms with Gasteiger partial charge in [0.15, 0.2) is 6.61 Å². The fourth-order valence-electron chi connectivity index (χ4n) is 2.58. The van der Waals surface area contributed by atoms with E-state index in [1.165, 1.54) is 12.1 Å².